The Balaban J connectivity index is 2.99. The van der Waals surface area contributed by atoms with Crippen molar-refractivity contribution in [2.24, 2.45) is 5.73 Å². The van der Waals surface area contributed by atoms with Gasteiger partial charge >= 0.3 is 6.18 Å². The molecule has 1 aromatic carbocycles. The highest BCUT2D eigenvalue weighted by Crippen LogP contribution is 2.36. The minimum absolute atomic E-state index is 0.0475. The monoisotopic (exact) mass is 375 g/mol. The smallest absolute Gasteiger partial charge is 0.414 e. The fourth-order valence-electron chi connectivity index (χ4n) is 3.41. The molecule has 25 heavy (non-hydrogen) atoms. The van der Waals surface area contributed by atoms with E-state index in [9.17, 15) is 13.2 Å². The second-order valence-electron chi connectivity index (χ2n) is 6.87. The van der Waals surface area contributed by atoms with E-state index >= 15 is 0 Å². The van der Waals surface area contributed by atoms with Gasteiger partial charge in [-0.25, -0.2) is 0 Å². The van der Waals surface area contributed by atoms with Crippen LogP contribution in [0.1, 0.15) is 63.8 Å². The molecule has 0 spiro atoms. The number of nitrogens with two attached hydrogens (primary N) is 1. The third-order valence-corrected chi connectivity index (χ3v) is 9.96. The van der Waals surface area contributed by atoms with Gasteiger partial charge in [0.05, 0.1) is 5.56 Å². The lowest BCUT2D eigenvalue weighted by Gasteiger charge is -2.32. The summed E-state index contributed by atoms with van der Waals surface area (Å²) in [6, 6.07) is 6.97. The molecule has 0 aliphatic rings. The van der Waals surface area contributed by atoms with Gasteiger partial charge in [0.15, 0.2) is 8.32 Å². The first-order valence-electron chi connectivity index (χ1n) is 9.22. The molecule has 2 atom stereocenters. The Labute approximate surface area is 151 Å². The van der Waals surface area contributed by atoms with E-state index < -0.39 is 26.1 Å². The second-order valence-corrected chi connectivity index (χ2v) is 11.6. The van der Waals surface area contributed by atoms with Gasteiger partial charge in [0.2, 0.25) is 0 Å². The Bertz CT molecular complexity index is 534. The van der Waals surface area contributed by atoms with Crippen molar-refractivity contribution in [3.05, 3.63) is 34.9 Å². The van der Waals surface area contributed by atoms with Gasteiger partial charge in [0, 0.05) is 12.1 Å². The van der Waals surface area contributed by atoms with Crippen LogP contribution in [0.4, 0.5) is 13.2 Å². The normalized spacial score (nSPS) is 15.2. The van der Waals surface area contributed by atoms with Gasteiger partial charge in [-0.05, 0) is 62.0 Å². The molecule has 0 heterocycles. The average molecular weight is 376 g/mol. The quantitative estimate of drug-likeness (QED) is 0.532. The predicted molar refractivity (Wildman–Crippen MR) is 100 cm³/mol. The summed E-state index contributed by atoms with van der Waals surface area (Å²) >= 11 is 0. The van der Waals surface area contributed by atoms with Crippen molar-refractivity contribution in [2.75, 3.05) is 0 Å². The molecule has 0 fully saturated rings. The maximum absolute atomic E-state index is 13.4. The van der Waals surface area contributed by atoms with Crippen LogP contribution in [0, 0.1) is 0 Å². The third-order valence-electron chi connectivity index (χ3n) is 5.19. The standard InChI is InChI=1S/C19H32F3NOSi/c1-6-25(7-2,8-3)24-14(4)12-13-17-16(15(5)23)10-9-11-18(17)19(20,21)22/h9-11,14-15H,6-8,12-13,23H2,1-5H3/t14-,15-/m1/s1. The van der Waals surface area contributed by atoms with Crippen LogP contribution in [-0.2, 0) is 17.0 Å². The minimum Gasteiger partial charge on any atom is -0.414 e. The lowest BCUT2D eigenvalue weighted by atomic mass is 9.92. The highest BCUT2D eigenvalue weighted by molar-refractivity contribution is 6.73. The lowest BCUT2D eigenvalue weighted by molar-refractivity contribution is -0.138. The fraction of sp³-hybridized carbons (Fsp3) is 0.684. The zero-order chi connectivity index (χ0) is 19.3. The van der Waals surface area contributed by atoms with Crippen LogP contribution in [0.3, 0.4) is 0 Å². The fourth-order valence-corrected chi connectivity index (χ4v) is 6.38. The first-order chi connectivity index (χ1) is 11.6. The van der Waals surface area contributed by atoms with E-state index in [0.717, 1.165) is 24.2 Å². The molecule has 0 radical (unpaired) electrons. The molecule has 0 aliphatic heterocycles. The van der Waals surface area contributed by atoms with Crippen LogP contribution in [0.15, 0.2) is 18.2 Å². The number of rotatable bonds is 9. The van der Waals surface area contributed by atoms with Crippen LogP contribution < -0.4 is 5.73 Å². The Morgan fingerprint density at radius 2 is 1.64 bits per heavy atom. The van der Waals surface area contributed by atoms with E-state index in [-0.39, 0.29) is 6.10 Å². The van der Waals surface area contributed by atoms with Crippen molar-refractivity contribution in [1.29, 1.82) is 0 Å². The van der Waals surface area contributed by atoms with Gasteiger partial charge < -0.3 is 10.2 Å². The SMILES string of the molecule is CC[Si](CC)(CC)O[C@H](C)CCc1c([C@@H](C)N)cccc1C(F)(F)F. The van der Waals surface area contributed by atoms with Gasteiger partial charge in [-0.15, -0.1) is 0 Å². The molecule has 144 valence electrons. The van der Waals surface area contributed by atoms with Crippen molar-refractivity contribution >= 4 is 8.32 Å². The van der Waals surface area contributed by atoms with E-state index in [0.29, 0.717) is 24.0 Å². The molecular formula is C19H32F3NOSi. The van der Waals surface area contributed by atoms with Gasteiger partial charge in [-0.1, -0.05) is 32.9 Å². The molecule has 1 aromatic rings. The Morgan fingerprint density at radius 3 is 2.08 bits per heavy atom. The first-order valence-corrected chi connectivity index (χ1v) is 11.8. The minimum atomic E-state index is -4.36. The molecule has 6 heteroatoms. The number of alkyl halides is 3. The molecule has 0 amide bonds. The highest BCUT2D eigenvalue weighted by Gasteiger charge is 2.35. The number of hydrogen-bond donors (Lipinski definition) is 1. The third kappa shape index (κ3) is 5.83. The highest BCUT2D eigenvalue weighted by atomic mass is 28.4. The zero-order valence-electron chi connectivity index (χ0n) is 16.0. The Hall–Kier alpha value is -0.853. The summed E-state index contributed by atoms with van der Waals surface area (Å²) in [5, 5.41) is 0. The summed E-state index contributed by atoms with van der Waals surface area (Å²) in [5.74, 6) is 0. The number of benzene rings is 1. The molecule has 2 nitrogen and oxygen atoms in total. The second kappa shape index (κ2) is 9.19. The van der Waals surface area contributed by atoms with Crippen LogP contribution in [0.5, 0.6) is 0 Å². The summed E-state index contributed by atoms with van der Waals surface area (Å²) in [6.07, 6.45) is -3.51. The van der Waals surface area contributed by atoms with Crippen molar-refractivity contribution in [3.63, 3.8) is 0 Å². The van der Waals surface area contributed by atoms with E-state index in [2.05, 4.69) is 20.8 Å². The van der Waals surface area contributed by atoms with Gasteiger partial charge in [-0.3, -0.25) is 0 Å². The van der Waals surface area contributed by atoms with Crippen LogP contribution >= 0.6 is 0 Å². The summed E-state index contributed by atoms with van der Waals surface area (Å²) in [5.41, 5.74) is 6.23. The summed E-state index contributed by atoms with van der Waals surface area (Å²) < 4.78 is 46.5. The summed E-state index contributed by atoms with van der Waals surface area (Å²) in [7, 11) is -1.75. The molecule has 0 aromatic heterocycles. The predicted octanol–water partition coefficient (Wildman–Crippen LogP) is 6.07. The maximum atomic E-state index is 13.4. The molecule has 0 unspecified atom stereocenters. The summed E-state index contributed by atoms with van der Waals surface area (Å²) in [6.45, 7) is 10.2. The molecule has 1 rings (SSSR count). The van der Waals surface area contributed by atoms with E-state index in [1.165, 1.54) is 6.07 Å². The van der Waals surface area contributed by atoms with Gasteiger partial charge in [-0.2, -0.15) is 13.2 Å². The Morgan fingerprint density at radius 1 is 1.08 bits per heavy atom. The van der Waals surface area contributed by atoms with Crippen molar-refractivity contribution in [1.82, 2.24) is 0 Å². The first kappa shape index (κ1) is 22.2. The molecule has 0 saturated heterocycles. The largest absolute Gasteiger partial charge is 0.416 e. The molecule has 0 aliphatic carbocycles. The Kier molecular flexibility index (Phi) is 8.16. The van der Waals surface area contributed by atoms with Crippen LogP contribution in [-0.4, -0.2) is 14.4 Å². The molecule has 0 bridgehead atoms. The molecule has 0 saturated carbocycles. The number of hydrogen-bond acceptors (Lipinski definition) is 2. The van der Waals surface area contributed by atoms with Crippen LogP contribution in [0.25, 0.3) is 0 Å². The zero-order valence-corrected chi connectivity index (χ0v) is 17.0. The summed E-state index contributed by atoms with van der Waals surface area (Å²) in [4.78, 5) is 0. The van der Waals surface area contributed by atoms with Crippen molar-refractivity contribution in [2.45, 2.75) is 83.9 Å². The van der Waals surface area contributed by atoms with Crippen molar-refractivity contribution < 1.29 is 17.6 Å². The molecule has 2 N–H and O–H groups in total. The maximum Gasteiger partial charge on any atom is 0.416 e. The molecular weight excluding hydrogens is 343 g/mol. The number of halogens is 3. The van der Waals surface area contributed by atoms with E-state index in [4.69, 9.17) is 10.2 Å². The van der Waals surface area contributed by atoms with Crippen LogP contribution in [0.2, 0.25) is 18.1 Å². The van der Waals surface area contributed by atoms with Gasteiger partial charge in [0.1, 0.15) is 0 Å². The van der Waals surface area contributed by atoms with Crippen molar-refractivity contribution in [3.8, 4) is 0 Å². The van der Waals surface area contributed by atoms with E-state index in [1.54, 1.807) is 13.0 Å². The van der Waals surface area contributed by atoms with E-state index in [1.807, 2.05) is 6.92 Å². The average Bonchev–Trinajstić information content (AvgIpc) is 2.56. The topological polar surface area (TPSA) is 35.2 Å². The van der Waals surface area contributed by atoms with Gasteiger partial charge in [0.25, 0.3) is 0 Å². The lowest BCUT2D eigenvalue weighted by Crippen LogP contribution is -2.39.